The lowest BCUT2D eigenvalue weighted by molar-refractivity contribution is -0.127. The molecule has 1 fully saturated rings. The Hall–Kier alpha value is -1.42. The zero-order valence-corrected chi connectivity index (χ0v) is 11.5. The van der Waals surface area contributed by atoms with Crippen LogP contribution in [0.4, 0.5) is 11.4 Å². The monoisotopic (exact) mass is 267 g/mol. The zero-order chi connectivity index (χ0) is 13.3. The number of nitrogens with two attached hydrogens (primary N) is 1. The summed E-state index contributed by atoms with van der Waals surface area (Å²) in [6.07, 6.45) is 0.962. The number of carbonyl (C=O) groups is 1. The van der Waals surface area contributed by atoms with Crippen molar-refractivity contribution in [2.24, 2.45) is 0 Å². The van der Waals surface area contributed by atoms with Crippen LogP contribution < -0.4 is 10.6 Å². The van der Waals surface area contributed by atoms with E-state index in [-0.39, 0.29) is 5.91 Å². The average molecular weight is 268 g/mol. The molecule has 2 N–H and O–H groups in total. The molecule has 98 valence electrons. The normalized spacial score (nSPS) is 16.9. The number of anilines is 2. The summed E-state index contributed by atoms with van der Waals surface area (Å²) in [7, 11) is 1.84. The van der Waals surface area contributed by atoms with E-state index < -0.39 is 0 Å². The maximum absolute atomic E-state index is 11.9. The van der Waals surface area contributed by atoms with Crippen LogP contribution >= 0.6 is 11.6 Å². The maximum atomic E-state index is 11.9. The predicted octanol–water partition coefficient (Wildman–Crippen LogP) is 1.90. The molecule has 0 saturated carbocycles. The highest BCUT2D eigenvalue weighted by atomic mass is 35.5. The van der Waals surface area contributed by atoms with E-state index in [1.807, 2.05) is 26.1 Å². The fraction of sp³-hybridized carbons (Fsp3) is 0.462. The Morgan fingerprint density at radius 2 is 2.06 bits per heavy atom. The first-order valence-electron chi connectivity index (χ1n) is 6.03. The molecule has 1 amide bonds. The summed E-state index contributed by atoms with van der Waals surface area (Å²) in [4.78, 5) is 15.7. The van der Waals surface area contributed by atoms with Gasteiger partial charge in [0.15, 0.2) is 0 Å². The number of rotatable bonds is 1. The van der Waals surface area contributed by atoms with Crippen LogP contribution in [-0.2, 0) is 4.79 Å². The summed E-state index contributed by atoms with van der Waals surface area (Å²) < 4.78 is 0. The molecule has 1 heterocycles. The van der Waals surface area contributed by atoms with Crippen LogP contribution in [0.5, 0.6) is 0 Å². The third-order valence-corrected chi connectivity index (χ3v) is 3.66. The van der Waals surface area contributed by atoms with Crippen LogP contribution in [0.15, 0.2) is 12.1 Å². The smallest absolute Gasteiger partial charge is 0.241 e. The second-order valence-electron chi connectivity index (χ2n) is 4.75. The van der Waals surface area contributed by atoms with Crippen LogP contribution in [-0.4, -0.2) is 37.5 Å². The van der Waals surface area contributed by atoms with E-state index >= 15 is 0 Å². The number of carbonyl (C=O) groups excluding carboxylic acids is 1. The minimum Gasteiger partial charge on any atom is -0.398 e. The summed E-state index contributed by atoms with van der Waals surface area (Å²) in [5.41, 5.74) is 8.40. The first-order chi connectivity index (χ1) is 8.49. The van der Waals surface area contributed by atoms with E-state index in [1.54, 1.807) is 4.90 Å². The summed E-state index contributed by atoms with van der Waals surface area (Å²) in [6, 6.07) is 3.71. The van der Waals surface area contributed by atoms with Crippen molar-refractivity contribution in [3.05, 3.63) is 22.7 Å². The fourth-order valence-electron chi connectivity index (χ4n) is 2.23. The number of benzene rings is 1. The third-order valence-electron chi connectivity index (χ3n) is 3.33. The molecule has 0 bridgehead atoms. The lowest BCUT2D eigenvalue weighted by Crippen LogP contribution is -2.34. The Bertz CT molecular complexity index is 476. The Labute approximate surface area is 112 Å². The molecule has 18 heavy (non-hydrogen) atoms. The van der Waals surface area contributed by atoms with Gasteiger partial charge in [0.05, 0.1) is 17.3 Å². The topological polar surface area (TPSA) is 49.6 Å². The summed E-state index contributed by atoms with van der Waals surface area (Å²) >= 11 is 6.06. The minimum atomic E-state index is 0.139. The molecule has 0 atom stereocenters. The maximum Gasteiger partial charge on any atom is 0.241 e. The van der Waals surface area contributed by atoms with Gasteiger partial charge in [-0.25, -0.2) is 0 Å². The number of hydrogen-bond donors (Lipinski definition) is 1. The number of hydrogen-bond acceptors (Lipinski definition) is 3. The fourth-order valence-corrected chi connectivity index (χ4v) is 2.38. The Kier molecular flexibility index (Phi) is 3.66. The molecule has 0 aromatic heterocycles. The standard InChI is InChI=1S/C13H18ClN3O/c1-9-6-11(15)10(14)7-12(9)17-5-3-4-16(2)13(18)8-17/h6-7H,3-5,8,15H2,1-2H3. The van der Waals surface area contributed by atoms with Gasteiger partial charge in [-0.05, 0) is 31.0 Å². The van der Waals surface area contributed by atoms with Crippen LogP contribution in [0.25, 0.3) is 0 Å². The summed E-state index contributed by atoms with van der Waals surface area (Å²) in [6.45, 7) is 4.05. The van der Waals surface area contributed by atoms with Gasteiger partial charge in [0.1, 0.15) is 0 Å². The lowest BCUT2D eigenvalue weighted by atomic mass is 10.1. The van der Waals surface area contributed by atoms with Gasteiger partial charge in [0.25, 0.3) is 0 Å². The quantitative estimate of drug-likeness (QED) is 0.791. The molecule has 1 aliphatic heterocycles. The van der Waals surface area contributed by atoms with Gasteiger partial charge in [-0.15, -0.1) is 0 Å². The highest BCUT2D eigenvalue weighted by molar-refractivity contribution is 6.33. The van der Waals surface area contributed by atoms with Gasteiger partial charge in [0.2, 0.25) is 5.91 Å². The molecule has 1 aromatic carbocycles. The van der Waals surface area contributed by atoms with Crippen molar-refractivity contribution in [2.75, 3.05) is 37.3 Å². The molecule has 0 aliphatic carbocycles. The molecule has 1 aromatic rings. The van der Waals surface area contributed by atoms with Gasteiger partial charge in [-0.2, -0.15) is 0 Å². The second-order valence-corrected chi connectivity index (χ2v) is 5.16. The second kappa shape index (κ2) is 5.06. The van der Waals surface area contributed by atoms with Gasteiger partial charge >= 0.3 is 0 Å². The van der Waals surface area contributed by atoms with Gasteiger partial charge in [-0.3, -0.25) is 4.79 Å². The van der Waals surface area contributed by atoms with E-state index in [1.165, 1.54) is 0 Å². The Balaban J connectivity index is 2.30. The number of likely N-dealkylation sites (N-methyl/N-ethyl adjacent to an activating group) is 1. The van der Waals surface area contributed by atoms with Gasteiger partial charge in [0, 0.05) is 25.8 Å². The van der Waals surface area contributed by atoms with Crippen LogP contribution in [0.2, 0.25) is 5.02 Å². The number of amides is 1. The SMILES string of the molecule is Cc1cc(N)c(Cl)cc1N1CCCN(C)C(=O)C1. The van der Waals surface area contributed by atoms with Crippen LogP contribution in [0.1, 0.15) is 12.0 Å². The Morgan fingerprint density at radius 1 is 1.33 bits per heavy atom. The van der Waals surface area contributed by atoms with E-state index in [4.69, 9.17) is 17.3 Å². The van der Waals surface area contributed by atoms with Crippen molar-refractivity contribution in [3.63, 3.8) is 0 Å². The lowest BCUT2D eigenvalue weighted by Gasteiger charge is -2.24. The van der Waals surface area contributed by atoms with Crippen molar-refractivity contribution in [3.8, 4) is 0 Å². The highest BCUT2D eigenvalue weighted by Crippen LogP contribution is 2.30. The first kappa shape index (κ1) is 13.0. The summed E-state index contributed by atoms with van der Waals surface area (Å²) in [5.74, 6) is 0.139. The predicted molar refractivity (Wildman–Crippen MR) is 75.1 cm³/mol. The van der Waals surface area contributed by atoms with E-state index in [2.05, 4.69) is 4.90 Å². The van der Waals surface area contributed by atoms with Crippen molar-refractivity contribution < 1.29 is 4.79 Å². The molecule has 0 spiro atoms. The third kappa shape index (κ3) is 2.53. The molecule has 5 heteroatoms. The van der Waals surface area contributed by atoms with E-state index in [0.29, 0.717) is 17.3 Å². The van der Waals surface area contributed by atoms with Crippen LogP contribution in [0.3, 0.4) is 0 Å². The number of aryl methyl sites for hydroxylation is 1. The zero-order valence-electron chi connectivity index (χ0n) is 10.7. The minimum absolute atomic E-state index is 0.139. The van der Waals surface area contributed by atoms with Crippen molar-refractivity contribution in [1.29, 1.82) is 0 Å². The Morgan fingerprint density at radius 3 is 2.78 bits per heavy atom. The van der Waals surface area contributed by atoms with Gasteiger partial charge in [-0.1, -0.05) is 11.6 Å². The molecular formula is C13H18ClN3O. The van der Waals surface area contributed by atoms with Crippen molar-refractivity contribution in [2.45, 2.75) is 13.3 Å². The number of halogens is 1. The van der Waals surface area contributed by atoms with Crippen LogP contribution in [0, 0.1) is 6.92 Å². The largest absolute Gasteiger partial charge is 0.398 e. The molecule has 1 aliphatic rings. The molecule has 0 radical (unpaired) electrons. The molecular weight excluding hydrogens is 250 g/mol. The van der Waals surface area contributed by atoms with Crippen molar-refractivity contribution in [1.82, 2.24) is 4.90 Å². The number of nitrogen functional groups attached to an aromatic ring is 1. The van der Waals surface area contributed by atoms with Gasteiger partial charge < -0.3 is 15.5 Å². The molecule has 1 saturated heterocycles. The first-order valence-corrected chi connectivity index (χ1v) is 6.41. The highest BCUT2D eigenvalue weighted by Gasteiger charge is 2.20. The molecule has 2 rings (SSSR count). The molecule has 0 unspecified atom stereocenters. The average Bonchev–Trinajstić information content (AvgIpc) is 2.47. The number of nitrogens with zero attached hydrogens (tertiary/aromatic N) is 2. The summed E-state index contributed by atoms with van der Waals surface area (Å²) in [5, 5.41) is 0.542. The van der Waals surface area contributed by atoms with Crippen molar-refractivity contribution >= 4 is 28.9 Å². The van der Waals surface area contributed by atoms with E-state index in [9.17, 15) is 4.79 Å². The van der Waals surface area contributed by atoms with E-state index in [0.717, 1.165) is 30.8 Å². The molecule has 4 nitrogen and oxygen atoms in total.